The molecule has 0 aliphatic heterocycles. The van der Waals surface area contributed by atoms with Crippen LogP contribution in [-0.2, 0) is 9.53 Å². The minimum Gasteiger partial charge on any atom is -0.449 e. The fourth-order valence-electron chi connectivity index (χ4n) is 0.540. The number of halogens is 1. The standard InChI is InChI=1S/C7H13ClO2/c1-6(2)3-4-7(9)10-5-8/h6H,3-5H2,1-2H3. The second kappa shape index (κ2) is 5.54. The van der Waals surface area contributed by atoms with Gasteiger partial charge in [0.25, 0.3) is 0 Å². The molecule has 0 saturated heterocycles. The Morgan fingerprint density at radius 1 is 1.60 bits per heavy atom. The topological polar surface area (TPSA) is 26.3 Å². The highest BCUT2D eigenvalue weighted by Gasteiger charge is 2.02. The Morgan fingerprint density at radius 2 is 2.20 bits per heavy atom. The normalized spacial score (nSPS) is 10.0. The van der Waals surface area contributed by atoms with Gasteiger partial charge in [-0.05, 0) is 12.3 Å². The maximum Gasteiger partial charge on any atom is 0.306 e. The maximum atomic E-state index is 10.6. The van der Waals surface area contributed by atoms with Gasteiger partial charge in [-0.2, -0.15) is 0 Å². The third kappa shape index (κ3) is 5.89. The van der Waals surface area contributed by atoms with Gasteiger partial charge in [0.2, 0.25) is 0 Å². The van der Waals surface area contributed by atoms with E-state index in [1.807, 2.05) is 0 Å². The summed E-state index contributed by atoms with van der Waals surface area (Å²) in [6, 6.07) is -0.0308. The van der Waals surface area contributed by atoms with Crippen LogP contribution in [0, 0.1) is 5.92 Å². The first-order chi connectivity index (χ1) is 4.66. The van der Waals surface area contributed by atoms with Crippen LogP contribution in [0.4, 0.5) is 0 Å². The summed E-state index contributed by atoms with van der Waals surface area (Å²) >= 11 is 5.17. The van der Waals surface area contributed by atoms with Crippen molar-refractivity contribution in [2.75, 3.05) is 6.07 Å². The average molecular weight is 165 g/mol. The lowest BCUT2D eigenvalue weighted by molar-refractivity contribution is -0.141. The fourth-order valence-corrected chi connectivity index (χ4v) is 0.661. The molecule has 3 heteroatoms. The summed E-state index contributed by atoms with van der Waals surface area (Å²) in [5, 5.41) is 0. The summed E-state index contributed by atoms with van der Waals surface area (Å²) in [6.45, 7) is 4.13. The smallest absolute Gasteiger partial charge is 0.306 e. The lowest BCUT2D eigenvalue weighted by atomic mass is 10.1. The largest absolute Gasteiger partial charge is 0.449 e. The molecule has 0 radical (unpaired) electrons. The van der Waals surface area contributed by atoms with E-state index in [4.69, 9.17) is 11.6 Å². The predicted molar refractivity (Wildman–Crippen MR) is 40.9 cm³/mol. The van der Waals surface area contributed by atoms with Gasteiger partial charge < -0.3 is 4.74 Å². The fraction of sp³-hybridized carbons (Fsp3) is 0.857. The van der Waals surface area contributed by atoms with Gasteiger partial charge in [0.15, 0.2) is 6.07 Å². The molecule has 0 aromatic carbocycles. The van der Waals surface area contributed by atoms with Crippen LogP contribution in [0.15, 0.2) is 0 Å². The van der Waals surface area contributed by atoms with E-state index in [9.17, 15) is 4.79 Å². The summed E-state index contributed by atoms with van der Waals surface area (Å²) in [5.41, 5.74) is 0. The van der Waals surface area contributed by atoms with Crippen LogP contribution in [0.3, 0.4) is 0 Å². The van der Waals surface area contributed by atoms with E-state index in [0.717, 1.165) is 6.42 Å². The van der Waals surface area contributed by atoms with Crippen molar-refractivity contribution in [2.45, 2.75) is 26.7 Å². The lowest BCUT2D eigenvalue weighted by Crippen LogP contribution is -2.03. The van der Waals surface area contributed by atoms with Gasteiger partial charge in [0.05, 0.1) is 0 Å². The van der Waals surface area contributed by atoms with Crippen LogP contribution in [0.2, 0.25) is 0 Å². The van der Waals surface area contributed by atoms with Gasteiger partial charge >= 0.3 is 5.97 Å². The molecule has 0 aromatic heterocycles. The molecule has 0 aliphatic carbocycles. The zero-order valence-corrected chi connectivity index (χ0v) is 7.15. The molecule has 0 saturated carbocycles. The number of carbonyl (C=O) groups excluding carboxylic acids is 1. The molecule has 0 heterocycles. The number of carbonyl (C=O) groups is 1. The van der Waals surface area contributed by atoms with Gasteiger partial charge in [-0.1, -0.05) is 25.4 Å². The van der Waals surface area contributed by atoms with Crippen molar-refractivity contribution in [2.24, 2.45) is 5.92 Å². The molecule has 0 bridgehead atoms. The van der Waals surface area contributed by atoms with E-state index in [-0.39, 0.29) is 12.0 Å². The molecule has 0 aliphatic rings. The van der Waals surface area contributed by atoms with Crippen molar-refractivity contribution >= 4 is 17.6 Å². The van der Waals surface area contributed by atoms with Crippen LogP contribution in [0.1, 0.15) is 26.7 Å². The molecule has 0 spiro atoms. The number of esters is 1. The number of rotatable bonds is 4. The van der Waals surface area contributed by atoms with Crippen molar-refractivity contribution in [1.82, 2.24) is 0 Å². The molecule has 0 atom stereocenters. The molecule has 0 unspecified atom stereocenters. The highest BCUT2D eigenvalue weighted by Crippen LogP contribution is 2.04. The Labute approximate surface area is 66.5 Å². The second-order valence-electron chi connectivity index (χ2n) is 2.56. The second-order valence-corrected chi connectivity index (χ2v) is 2.78. The monoisotopic (exact) mass is 164 g/mol. The van der Waals surface area contributed by atoms with Crippen molar-refractivity contribution in [3.05, 3.63) is 0 Å². The number of alkyl halides is 1. The minimum absolute atomic E-state index is 0.0308. The van der Waals surface area contributed by atoms with Crippen LogP contribution in [-0.4, -0.2) is 12.0 Å². The first kappa shape index (κ1) is 9.76. The summed E-state index contributed by atoms with van der Waals surface area (Å²) < 4.78 is 4.52. The number of hydrogen-bond acceptors (Lipinski definition) is 2. The Balaban J connectivity index is 3.22. The van der Waals surface area contributed by atoms with E-state index >= 15 is 0 Å². The third-order valence-electron chi connectivity index (χ3n) is 1.14. The molecule has 2 nitrogen and oxygen atoms in total. The summed E-state index contributed by atoms with van der Waals surface area (Å²) in [7, 11) is 0. The Kier molecular flexibility index (Phi) is 5.40. The van der Waals surface area contributed by atoms with Gasteiger partial charge in [0.1, 0.15) is 0 Å². The van der Waals surface area contributed by atoms with E-state index in [1.54, 1.807) is 0 Å². The minimum atomic E-state index is -0.205. The quantitative estimate of drug-likeness (QED) is 0.470. The molecule has 0 fully saturated rings. The molecule has 0 N–H and O–H groups in total. The van der Waals surface area contributed by atoms with Gasteiger partial charge in [-0.25, -0.2) is 0 Å². The van der Waals surface area contributed by atoms with Crippen molar-refractivity contribution in [3.63, 3.8) is 0 Å². The van der Waals surface area contributed by atoms with E-state index in [2.05, 4.69) is 18.6 Å². The van der Waals surface area contributed by atoms with Gasteiger partial charge in [0, 0.05) is 6.42 Å². The number of hydrogen-bond donors (Lipinski definition) is 0. The summed E-state index contributed by atoms with van der Waals surface area (Å²) in [6.07, 6.45) is 1.35. The number of ether oxygens (including phenoxy) is 1. The summed E-state index contributed by atoms with van der Waals surface area (Å²) in [4.78, 5) is 10.6. The maximum absolute atomic E-state index is 10.6. The van der Waals surface area contributed by atoms with Gasteiger partial charge in [-0.15, -0.1) is 0 Å². The van der Waals surface area contributed by atoms with E-state index < -0.39 is 0 Å². The first-order valence-corrected chi connectivity index (χ1v) is 3.92. The highest BCUT2D eigenvalue weighted by molar-refractivity contribution is 6.17. The Hall–Kier alpha value is -0.240. The van der Waals surface area contributed by atoms with Crippen LogP contribution >= 0.6 is 11.6 Å². The van der Waals surface area contributed by atoms with Crippen LogP contribution in [0.5, 0.6) is 0 Å². The van der Waals surface area contributed by atoms with Gasteiger partial charge in [-0.3, -0.25) is 4.79 Å². The van der Waals surface area contributed by atoms with Crippen molar-refractivity contribution < 1.29 is 9.53 Å². The van der Waals surface area contributed by atoms with Crippen molar-refractivity contribution in [1.29, 1.82) is 0 Å². The molecular weight excluding hydrogens is 152 g/mol. The SMILES string of the molecule is CC(C)CCC(=O)OCCl. The molecule has 10 heavy (non-hydrogen) atoms. The van der Waals surface area contributed by atoms with E-state index in [1.165, 1.54) is 0 Å². The summed E-state index contributed by atoms with van der Waals surface area (Å²) in [5.74, 6) is 0.339. The zero-order valence-electron chi connectivity index (χ0n) is 6.39. The molecule has 0 amide bonds. The average Bonchev–Trinajstić information content (AvgIpc) is 1.85. The molecular formula is C7H13ClO2. The first-order valence-electron chi connectivity index (χ1n) is 3.38. The van der Waals surface area contributed by atoms with E-state index in [0.29, 0.717) is 12.3 Å². The van der Waals surface area contributed by atoms with Crippen LogP contribution < -0.4 is 0 Å². The van der Waals surface area contributed by atoms with Crippen LogP contribution in [0.25, 0.3) is 0 Å². The Morgan fingerprint density at radius 3 is 2.60 bits per heavy atom. The predicted octanol–water partition coefficient (Wildman–Crippen LogP) is 2.16. The Bertz CT molecular complexity index is 102. The highest BCUT2D eigenvalue weighted by atomic mass is 35.5. The lowest BCUT2D eigenvalue weighted by Gasteiger charge is -2.02. The van der Waals surface area contributed by atoms with Crippen molar-refractivity contribution in [3.8, 4) is 0 Å². The molecule has 60 valence electrons. The molecule has 0 aromatic rings. The zero-order chi connectivity index (χ0) is 7.98. The molecule has 0 rings (SSSR count). The third-order valence-corrected chi connectivity index (χ3v) is 1.25.